The zero-order valence-electron chi connectivity index (χ0n) is 12.4. The van der Waals surface area contributed by atoms with Crippen molar-refractivity contribution in [2.45, 2.75) is 37.6 Å². The molecular formula is C16H26N2OS. The van der Waals surface area contributed by atoms with Crippen molar-refractivity contribution in [3.05, 3.63) is 23.8 Å². The van der Waals surface area contributed by atoms with Gasteiger partial charge in [-0.1, -0.05) is 19.4 Å². The molecule has 0 saturated carbocycles. The molecule has 2 N–H and O–H groups in total. The first kappa shape index (κ1) is 15.7. The van der Waals surface area contributed by atoms with Gasteiger partial charge in [0.15, 0.2) is 0 Å². The molecule has 0 aliphatic carbocycles. The van der Waals surface area contributed by atoms with Crippen LogP contribution < -0.4 is 10.5 Å². The lowest BCUT2D eigenvalue weighted by molar-refractivity contribution is 0.182. The van der Waals surface area contributed by atoms with E-state index in [1.807, 2.05) is 17.8 Å². The summed E-state index contributed by atoms with van der Waals surface area (Å²) in [7, 11) is 0. The van der Waals surface area contributed by atoms with Crippen LogP contribution in [-0.4, -0.2) is 36.9 Å². The van der Waals surface area contributed by atoms with Gasteiger partial charge in [-0.25, -0.2) is 0 Å². The maximum atomic E-state index is 5.98. The second-order valence-corrected chi connectivity index (χ2v) is 6.43. The topological polar surface area (TPSA) is 38.5 Å². The van der Waals surface area contributed by atoms with Crippen LogP contribution in [-0.2, 0) is 6.54 Å². The summed E-state index contributed by atoms with van der Waals surface area (Å²) in [5.74, 6) is 2.02. The number of hydrogen-bond acceptors (Lipinski definition) is 4. The van der Waals surface area contributed by atoms with Crippen molar-refractivity contribution in [1.29, 1.82) is 0 Å². The molecule has 1 saturated heterocycles. The third kappa shape index (κ3) is 4.40. The second-order valence-electron chi connectivity index (χ2n) is 5.12. The van der Waals surface area contributed by atoms with E-state index in [1.54, 1.807) is 0 Å². The molecule has 0 spiro atoms. The van der Waals surface area contributed by atoms with E-state index in [9.17, 15) is 0 Å². The van der Waals surface area contributed by atoms with Crippen molar-refractivity contribution >= 4 is 11.8 Å². The summed E-state index contributed by atoms with van der Waals surface area (Å²) in [5.41, 5.74) is 7.04. The summed E-state index contributed by atoms with van der Waals surface area (Å²) >= 11 is 1.83. The molecule has 2 rings (SSSR count). The van der Waals surface area contributed by atoms with E-state index in [0.717, 1.165) is 30.2 Å². The van der Waals surface area contributed by atoms with Gasteiger partial charge in [-0.2, -0.15) is 0 Å². The fourth-order valence-corrected chi connectivity index (χ4v) is 3.48. The van der Waals surface area contributed by atoms with Gasteiger partial charge in [-0.3, -0.25) is 4.90 Å². The second kappa shape index (κ2) is 8.55. The van der Waals surface area contributed by atoms with E-state index < -0.39 is 0 Å². The Bertz CT molecular complexity index is 405. The minimum absolute atomic E-state index is 0.544. The standard InChI is InChI=1S/C16H26N2OS/c1-2-20-16-8-6-7-15(14(16)13-17)19-12-11-18-9-4-3-5-10-18/h6-8H,2-5,9-13,17H2,1H3. The number of nitrogens with two attached hydrogens (primary N) is 1. The highest BCUT2D eigenvalue weighted by atomic mass is 32.2. The summed E-state index contributed by atoms with van der Waals surface area (Å²) in [6.45, 7) is 6.93. The van der Waals surface area contributed by atoms with Crippen LogP contribution in [0.15, 0.2) is 23.1 Å². The van der Waals surface area contributed by atoms with Crippen LogP contribution in [0.5, 0.6) is 5.75 Å². The highest BCUT2D eigenvalue weighted by molar-refractivity contribution is 7.99. The molecule has 0 radical (unpaired) electrons. The van der Waals surface area contributed by atoms with Gasteiger partial charge in [0.25, 0.3) is 0 Å². The average molecular weight is 294 g/mol. The van der Waals surface area contributed by atoms with E-state index in [1.165, 1.54) is 37.2 Å². The van der Waals surface area contributed by atoms with E-state index in [0.29, 0.717) is 6.54 Å². The molecule has 0 aromatic heterocycles. The van der Waals surface area contributed by atoms with Crippen molar-refractivity contribution in [2.75, 3.05) is 32.0 Å². The van der Waals surface area contributed by atoms with Crippen LogP contribution in [0.4, 0.5) is 0 Å². The van der Waals surface area contributed by atoms with E-state index in [4.69, 9.17) is 10.5 Å². The molecule has 4 heteroatoms. The molecule has 1 fully saturated rings. The van der Waals surface area contributed by atoms with Gasteiger partial charge < -0.3 is 10.5 Å². The molecule has 1 aliphatic heterocycles. The van der Waals surface area contributed by atoms with E-state index in [-0.39, 0.29) is 0 Å². The summed E-state index contributed by atoms with van der Waals surface area (Å²) < 4.78 is 5.98. The van der Waals surface area contributed by atoms with Gasteiger partial charge in [0.1, 0.15) is 12.4 Å². The Morgan fingerprint density at radius 3 is 2.75 bits per heavy atom. The largest absolute Gasteiger partial charge is 0.492 e. The summed E-state index contributed by atoms with van der Waals surface area (Å²) in [5, 5.41) is 0. The van der Waals surface area contributed by atoms with Crippen LogP contribution in [0, 0.1) is 0 Å². The van der Waals surface area contributed by atoms with Gasteiger partial charge >= 0.3 is 0 Å². The molecule has 112 valence electrons. The van der Waals surface area contributed by atoms with Crippen molar-refractivity contribution in [2.24, 2.45) is 5.73 Å². The Morgan fingerprint density at radius 1 is 1.25 bits per heavy atom. The molecule has 0 bridgehead atoms. The maximum absolute atomic E-state index is 5.98. The third-order valence-corrected chi connectivity index (χ3v) is 4.69. The zero-order chi connectivity index (χ0) is 14.2. The summed E-state index contributed by atoms with van der Waals surface area (Å²) in [6.07, 6.45) is 4.04. The third-order valence-electron chi connectivity index (χ3n) is 3.71. The first-order chi connectivity index (χ1) is 9.85. The highest BCUT2D eigenvalue weighted by Crippen LogP contribution is 2.29. The van der Waals surface area contributed by atoms with Gasteiger partial charge in [0.2, 0.25) is 0 Å². The number of likely N-dealkylation sites (tertiary alicyclic amines) is 1. The summed E-state index contributed by atoms with van der Waals surface area (Å²) in [6, 6.07) is 6.24. The minimum atomic E-state index is 0.544. The zero-order valence-corrected chi connectivity index (χ0v) is 13.3. The minimum Gasteiger partial charge on any atom is -0.492 e. The molecule has 0 amide bonds. The van der Waals surface area contributed by atoms with Crippen molar-refractivity contribution < 1.29 is 4.74 Å². The average Bonchev–Trinajstić information content (AvgIpc) is 2.49. The molecule has 1 aliphatic rings. The fraction of sp³-hybridized carbons (Fsp3) is 0.625. The molecule has 0 atom stereocenters. The van der Waals surface area contributed by atoms with Crippen LogP contribution >= 0.6 is 11.8 Å². The predicted molar refractivity (Wildman–Crippen MR) is 86.5 cm³/mol. The number of hydrogen-bond donors (Lipinski definition) is 1. The number of piperidine rings is 1. The van der Waals surface area contributed by atoms with Gasteiger partial charge in [0, 0.05) is 23.5 Å². The molecule has 0 unspecified atom stereocenters. The quantitative estimate of drug-likeness (QED) is 0.784. The lowest BCUT2D eigenvalue weighted by Gasteiger charge is -2.26. The van der Waals surface area contributed by atoms with Crippen molar-refractivity contribution in [1.82, 2.24) is 4.90 Å². The smallest absolute Gasteiger partial charge is 0.124 e. The number of benzene rings is 1. The molecule has 1 heterocycles. The molecule has 20 heavy (non-hydrogen) atoms. The normalized spacial score (nSPS) is 16.3. The van der Waals surface area contributed by atoms with E-state index in [2.05, 4.69) is 24.0 Å². The first-order valence-corrected chi connectivity index (χ1v) is 8.63. The number of rotatable bonds is 7. The predicted octanol–water partition coefficient (Wildman–Crippen LogP) is 3.12. The van der Waals surface area contributed by atoms with Crippen LogP contribution in [0.25, 0.3) is 0 Å². The number of nitrogens with zero attached hydrogens (tertiary/aromatic N) is 1. The van der Waals surface area contributed by atoms with Gasteiger partial charge in [-0.15, -0.1) is 11.8 Å². The van der Waals surface area contributed by atoms with Crippen LogP contribution in [0.2, 0.25) is 0 Å². The Hall–Kier alpha value is -0.710. The summed E-state index contributed by atoms with van der Waals surface area (Å²) in [4.78, 5) is 3.75. The number of thioether (sulfide) groups is 1. The van der Waals surface area contributed by atoms with Gasteiger partial charge in [-0.05, 0) is 43.8 Å². The van der Waals surface area contributed by atoms with Crippen molar-refractivity contribution in [3.63, 3.8) is 0 Å². The van der Waals surface area contributed by atoms with E-state index >= 15 is 0 Å². The highest BCUT2D eigenvalue weighted by Gasteiger charge is 2.11. The van der Waals surface area contributed by atoms with Crippen molar-refractivity contribution in [3.8, 4) is 5.75 Å². The Balaban J connectivity index is 1.89. The Morgan fingerprint density at radius 2 is 2.05 bits per heavy atom. The molecule has 1 aromatic rings. The van der Waals surface area contributed by atoms with Crippen LogP contribution in [0.1, 0.15) is 31.7 Å². The fourth-order valence-electron chi connectivity index (χ4n) is 2.64. The van der Waals surface area contributed by atoms with Gasteiger partial charge in [0.05, 0.1) is 0 Å². The molecular weight excluding hydrogens is 268 g/mol. The van der Waals surface area contributed by atoms with Crippen LogP contribution in [0.3, 0.4) is 0 Å². The Kier molecular flexibility index (Phi) is 6.70. The lowest BCUT2D eigenvalue weighted by atomic mass is 10.1. The number of ether oxygens (including phenoxy) is 1. The monoisotopic (exact) mass is 294 g/mol. The maximum Gasteiger partial charge on any atom is 0.124 e. The molecule has 1 aromatic carbocycles. The lowest BCUT2D eigenvalue weighted by Crippen LogP contribution is -2.33. The Labute approximate surface area is 126 Å². The first-order valence-electron chi connectivity index (χ1n) is 7.65. The molecule has 3 nitrogen and oxygen atoms in total. The SMILES string of the molecule is CCSc1cccc(OCCN2CCCCC2)c1CN.